The lowest BCUT2D eigenvalue weighted by atomic mass is 10.1. The maximum absolute atomic E-state index is 12.2. The fourth-order valence-electron chi connectivity index (χ4n) is 2.33. The van der Waals surface area contributed by atoms with E-state index in [0.717, 1.165) is 24.9 Å². The van der Waals surface area contributed by atoms with E-state index in [1.807, 2.05) is 20.0 Å². The molecule has 0 saturated carbocycles. The maximum Gasteiger partial charge on any atom is 0.240 e. The SMILES string of the molecule is Cc1ccc(S(=O)(=O)NCCN(C)C[C@@H]2CCC=CO2)cc1. The Labute approximate surface area is 133 Å². The minimum Gasteiger partial charge on any atom is -0.497 e. The molecule has 0 aromatic heterocycles. The third kappa shape index (κ3) is 5.12. The molecule has 0 amide bonds. The van der Waals surface area contributed by atoms with Gasteiger partial charge in [-0.2, -0.15) is 0 Å². The van der Waals surface area contributed by atoms with E-state index < -0.39 is 10.0 Å². The van der Waals surface area contributed by atoms with Crippen molar-refractivity contribution in [2.75, 3.05) is 26.7 Å². The molecule has 1 atom stereocenters. The van der Waals surface area contributed by atoms with Gasteiger partial charge in [0.15, 0.2) is 0 Å². The molecule has 5 nitrogen and oxygen atoms in total. The summed E-state index contributed by atoms with van der Waals surface area (Å²) in [6.45, 7) is 3.77. The van der Waals surface area contributed by atoms with Crippen LogP contribution in [0, 0.1) is 6.92 Å². The first kappa shape index (κ1) is 17.0. The van der Waals surface area contributed by atoms with Gasteiger partial charge in [0, 0.05) is 19.6 Å². The highest BCUT2D eigenvalue weighted by Gasteiger charge is 2.16. The van der Waals surface area contributed by atoms with Gasteiger partial charge < -0.3 is 9.64 Å². The summed E-state index contributed by atoms with van der Waals surface area (Å²) in [4.78, 5) is 2.39. The number of aryl methyl sites for hydroxylation is 1. The number of nitrogens with zero attached hydrogens (tertiary/aromatic N) is 1. The largest absolute Gasteiger partial charge is 0.497 e. The van der Waals surface area contributed by atoms with Gasteiger partial charge in [-0.1, -0.05) is 17.7 Å². The van der Waals surface area contributed by atoms with Crippen LogP contribution >= 0.6 is 0 Å². The highest BCUT2D eigenvalue weighted by atomic mass is 32.2. The molecule has 1 aliphatic heterocycles. The molecule has 6 heteroatoms. The number of benzene rings is 1. The summed E-state index contributed by atoms with van der Waals surface area (Å²) in [7, 11) is -1.45. The van der Waals surface area contributed by atoms with E-state index in [4.69, 9.17) is 4.74 Å². The van der Waals surface area contributed by atoms with Crippen LogP contribution in [0.15, 0.2) is 41.5 Å². The summed E-state index contributed by atoms with van der Waals surface area (Å²) in [6, 6.07) is 6.86. The van der Waals surface area contributed by atoms with Gasteiger partial charge in [0.05, 0.1) is 11.2 Å². The molecule has 0 fully saturated rings. The highest BCUT2D eigenvalue weighted by molar-refractivity contribution is 7.89. The zero-order valence-electron chi connectivity index (χ0n) is 13.2. The average molecular weight is 324 g/mol. The predicted molar refractivity (Wildman–Crippen MR) is 87.1 cm³/mol. The molecule has 1 heterocycles. The van der Waals surface area contributed by atoms with E-state index in [1.54, 1.807) is 30.5 Å². The first-order valence-electron chi connectivity index (χ1n) is 7.53. The number of likely N-dealkylation sites (N-methyl/N-ethyl adjacent to an activating group) is 1. The Bertz CT molecular complexity index is 596. The van der Waals surface area contributed by atoms with Gasteiger partial charge in [-0.25, -0.2) is 13.1 Å². The number of sulfonamides is 1. The van der Waals surface area contributed by atoms with Gasteiger partial charge in [-0.3, -0.25) is 0 Å². The highest BCUT2D eigenvalue weighted by Crippen LogP contribution is 2.11. The molecule has 22 heavy (non-hydrogen) atoms. The van der Waals surface area contributed by atoms with Crippen LogP contribution in [-0.2, 0) is 14.8 Å². The van der Waals surface area contributed by atoms with Gasteiger partial charge in [0.1, 0.15) is 6.10 Å². The number of allylic oxidation sites excluding steroid dienone is 1. The molecular weight excluding hydrogens is 300 g/mol. The molecule has 1 aromatic rings. The number of rotatable bonds is 7. The molecule has 0 radical (unpaired) electrons. The molecule has 0 spiro atoms. The molecule has 2 rings (SSSR count). The van der Waals surface area contributed by atoms with E-state index in [1.165, 1.54) is 0 Å². The summed E-state index contributed by atoms with van der Waals surface area (Å²) in [5, 5.41) is 0. The molecule has 0 unspecified atom stereocenters. The summed E-state index contributed by atoms with van der Waals surface area (Å²) in [6.07, 6.45) is 6.02. The summed E-state index contributed by atoms with van der Waals surface area (Å²) in [5.41, 5.74) is 1.04. The zero-order valence-corrected chi connectivity index (χ0v) is 14.0. The van der Waals surface area contributed by atoms with E-state index in [-0.39, 0.29) is 6.10 Å². The molecule has 0 bridgehead atoms. The van der Waals surface area contributed by atoms with Crippen molar-refractivity contribution in [3.63, 3.8) is 0 Å². The quantitative estimate of drug-likeness (QED) is 0.832. The van der Waals surface area contributed by atoms with Crippen molar-refractivity contribution in [3.8, 4) is 0 Å². The monoisotopic (exact) mass is 324 g/mol. The van der Waals surface area contributed by atoms with E-state index in [0.29, 0.717) is 18.0 Å². The van der Waals surface area contributed by atoms with Gasteiger partial charge in [0.2, 0.25) is 10.0 Å². The number of hydrogen-bond acceptors (Lipinski definition) is 4. The fraction of sp³-hybridized carbons (Fsp3) is 0.500. The van der Waals surface area contributed by atoms with E-state index >= 15 is 0 Å². The van der Waals surface area contributed by atoms with E-state index in [2.05, 4.69) is 9.62 Å². The van der Waals surface area contributed by atoms with Crippen LogP contribution in [0.5, 0.6) is 0 Å². The molecule has 1 aliphatic rings. The number of hydrogen-bond donors (Lipinski definition) is 1. The van der Waals surface area contributed by atoms with Crippen LogP contribution in [-0.4, -0.2) is 46.1 Å². The molecule has 1 aromatic carbocycles. The molecule has 0 aliphatic carbocycles. The third-order valence-corrected chi connectivity index (χ3v) is 5.13. The number of nitrogens with one attached hydrogen (secondary N) is 1. The van der Waals surface area contributed by atoms with Crippen LogP contribution in [0.1, 0.15) is 18.4 Å². The van der Waals surface area contributed by atoms with E-state index in [9.17, 15) is 8.42 Å². The zero-order chi connectivity index (χ0) is 16.0. The molecule has 1 N–H and O–H groups in total. The smallest absolute Gasteiger partial charge is 0.240 e. The lowest BCUT2D eigenvalue weighted by molar-refractivity contribution is 0.0889. The fourth-order valence-corrected chi connectivity index (χ4v) is 3.35. The average Bonchev–Trinajstić information content (AvgIpc) is 2.48. The lowest BCUT2D eigenvalue weighted by Crippen LogP contribution is -2.37. The van der Waals surface area contributed by atoms with Gasteiger partial charge in [-0.05, 0) is 45.0 Å². The second-order valence-electron chi connectivity index (χ2n) is 5.68. The summed E-state index contributed by atoms with van der Waals surface area (Å²) >= 11 is 0. The van der Waals surface area contributed by atoms with Crippen LogP contribution < -0.4 is 4.72 Å². The lowest BCUT2D eigenvalue weighted by Gasteiger charge is -2.25. The summed E-state index contributed by atoms with van der Waals surface area (Å²) < 4.78 is 32.5. The Balaban J connectivity index is 1.77. The van der Waals surface area contributed by atoms with Gasteiger partial charge in [-0.15, -0.1) is 0 Å². The Kier molecular flexibility index (Phi) is 5.99. The van der Waals surface area contributed by atoms with Crippen molar-refractivity contribution in [3.05, 3.63) is 42.2 Å². The Hall–Kier alpha value is -1.37. The normalized spacial score (nSPS) is 18.4. The van der Waals surface area contributed by atoms with Crippen molar-refractivity contribution < 1.29 is 13.2 Å². The predicted octanol–water partition coefficient (Wildman–Crippen LogP) is 1.90. The van der Waals surface area contributed by atoms with Crippen molar-refractivity contribution >= 4 is 10.0 Å². The van der Waals surface area contributed by atoms with Gasteiger partial charge in [0.25, 0.3) is 0 Å². The second kappa shape index (κ2) is 7.76. The van der Waals surface area contributed by atoms with Crippen molar-refractivity contribution in [2.24, 2.45) is 0 Å². The summed E-state index contributed by atoms with van der Waals surface area (Å²) in [5.74, 6) is 0. The standard InChI is InChI=1S/C16H24N2O3S/c1-14-6-8-16(9-7-14)22(19,20)17-10-11-18(2)13-15-5-3-4-12-21-15/h4,6-9,12,15,17H,3,5,10-11,13H2,1-2H3/t15-/m0/s1. The number of ether oxygens (including phenoxy) is 1. The van der Waals surface area contributed by atoms with Crippen LogP contribution in [0.4, 0.5) is 0 Å². The second-order valence-corrected chi connectivity index (χ2v) is 7.45. The minimum absolute atomic E-state index is 0.198. The van der Waals surface area contributed by atoms with Crippen LogP contribution in [0.3, 0.4) is 0 Å². The minimum atomic E-state index is -3.42. The Morgan fingerprint density at radius 3 is 2.68 bits per heavy atom. The maximum atomic E-state index is 12.2. The first-order chi connectivity index (χ1) is 10.5. The van der Waals surface area contributed by atoms with Crippen LogP contribution in [0.2, 0.25) is 0 Å². The van der Waals surface area contributed by atoms with Gasteiger partial charge >= 0.3 is 0 Å². The molecule has 122 valence electrons. The van der Waals surface area contributed by atoms with Crippen molar-refractivity contribution in [2.45, 2.75) is 30.8 Å². The third-order valence-electron chi connectivity index (χ3n) is 3.65. The Morgan fingerprint density at radius 2 is 2.05 bits per heavy atom. The van der Waals surface area contributed by atoms with Crippen molar-refractivity contribution in [1.82, 2.24) is 9.62 Å². The first-order valence-corrected chi connectivity index (χ1v) is 9.01. The Morgan fingerprint density at radius 1 is 1.32 bits per heavy atom. The van der Waals surface area contributed by atoms with Crippen molar-refractivity contribution in [1.29, 1.82) is 0 Å². The van der Waals surface area contributed by atoms with Crippen LogP contribution in [0.25, 0.3) is 0 Å². The molecular formula is C16H24N2O3S. The molecule has 0 saturated heterocycles. The topological polar surface area (TPSA) is 58.6 Å².